The molecule has 1 saturated heterocycles. The fourth-order valence-electron chi connectivity index (χ4n) is 3.34. The van der Waals surface area contributed by atoms with Crippen LogP contribution in [0.1, 0.15) is 18.5 Å². The maximum atomic E-state index is 12.8. The van der Waals surface area contributed by atoms with E-state index < -0.39 is 18.0 Å². The number of rotatable bonds is 4. The number of hydrogen-bond acceptors (Lipinski definition) is 7. The lowest BCUT2D eigenvalue weighted by atomic mass is 10.1. The number of ether oxygens (including phenoxy) is 2. The van der Waals surface area contributed by atoms with Gasteiger partial charge in [0.2, 0.25) is 0 Å². The van der Waals surface area contributed by atoms with Crippen LogP contribution in [0.2, 0.25) is 0 Å². The summed E-state index contributed by atoms with van der Waals surface area (Å²) >= 11 is 3.53. The van der Waals surface area contributed by atoms with E-state index in [4.69, 9.17) is 14.3 Å². The van der Waals surface area contributed by atoms with Gasteiger partial charge < -0.3 is 23.9 Å². The van der Waals surface area contributed by atoms with Gasteiger partial charge in [0.25, 0.3) is 5.95 Å². The molecule has 0 unspecified atom stereocenters. The molecule has 1 N–H and O–H groups in total. The lowest BCUT2D eigenvalue weighted by molar-refractivity contribution is -0.141. The van der Waals surface area contributed by atoms with Gasteiger partial charge in [-0.3, -0.25) is 0 Å². The third kappa shape index (κ3) is 4.68. The van der Waals surface area contributed by atoms with Gasteiger partial charge in [0, 0.05) is 43.6 Å². The number of benzene rings is 1. The molecule has 1 aliphatic heterocycles. The number of anilines is 1. The Bertz CT molecular complexity index is 1110. The molecule has 0 spiro atoms. The Morgan fingerprint density at radius 1 is 1.26 bits per heavy atom. The molecule has 0 aliphatic carbocycles. The van der Waals surface area contributed by atoms with Gasteiger partial charge in [-0.1, -0.05) is 0 Å². The van der Waals surface area contributed by atoms with E-state index in [1.54, 1.807) is 6.07 Å². The quantitative estimate of drug-likeness (QED) is 0.492. The normalized spacial score (nSPS) is 15.3. The van der Waals surface area contributed by atoms with E-state index in [2.05, 4.69) is 35.5 Å². The van der Waals surface area contributed by atoms with Crippen molar-refractivity contribution in [1.29, 1.82) is 0 Å². The largest absolute Gasteiger partial charge is 0.513 e. The smallest absolute Gasteiger partial charge is 0.460 e. The van der Waals surface area contributed by atoms with Gasteiger partial charge >= 0.3 is 18.3 Å². The summed E-state index contributed by atoms with van der Waals surface area (Å²) in [6, 6.07) is 5.53. The SMILES string of the molecule is O=C(O)Oc1cc2c(Br)c(N3CCC(Oc4nccc(C(F)(F)F)n4)CC3)ccc2o1. The van der Waals surface area contributed by atoms with Crippen LogP contribution in [0.25, 0.3) is 11.0 Å². The van der Waals surface area contributed by atoms with Crippen molar-refractivity contribution in [3.8, 4) is 12.0 Å². The number of furan rings is 1. The van der Waals surface area contributed by atoms with Gasteiger partial charge in [-0.15, -0.1) is 0 Å². The molecule has 2 aromatic heterocycles. The molecular weight excluding hydrogens is 487 g/mol. The fourth-order valence-corrected chi connectivity index (χ4v) is 4.04. The molecule has 3 heterocycles. The van der Waals surface area contributed by atoms with Crippen LogP contribution in [0.3, 0.4) is 0 Å². The second kappa shape index (κ2) is 8.25. The third-order valence-electron chi connectivity index (χ3n) is 4.76. The lowest BCUT2D eigenvalue weighted by Crippen LogP contribution is -2.38. The molecule has 0 saturated carbocycles. The highest BCUT2D eigenvalue weighted by Crippen LogP contribution is 2.38. The van der Waals surface area contributed by atoms with E-state index >= 15 is 0 Å². The van der Waals surface area contributed by atoms with Crippen LogP contribution >= 0.6 is 15.9 Å². The first-order valence-electron chi connectivity index (χ1n) is 9.15. The zero-order valence-electron chi connectivity index (χ0n) is 15.7. The predicted molar refractivity (Wildman–Crippen MR) is 105 cm³/mol. The summed E-state index contributed by atoms with van der Waals surface area (Å²) in [6.07, 6.45) is -4.20. The lowest BCUT2D eigenvalue weighted by Gasteiger charge is -2.33. The van der Waals surface area contributed by atoms with Crippen molar-refractivity contribution in [2.24, 2.45) is 0 Å². The topological polar surface area (TPSA) is 97.9 Å². The Morgan fingerprint density at radius 2 is 2.00 bits per heavy atom. The number of halogens is 4. The van der Waals surface area contributed by atoms with Gasteiger partial charge in [0.05, 0.1) is 10.2 Å². The zero-order chi connectivity index (χ0) is 22.2. The van der Waals surface area contributed by atoms with E-state index in [0.717, 1.165) is 22.4 Å². The Morgan fingerprint density at radius 3 is 2.68 bits per heavy atom. The summed E-state index contributed by atoms with van der Waals surface area (Å²) in [4.78, 5) is 20.0. The number of carboxylic acid groups (broad SMARTS) is 1. The molecule has 0 atom stereocenters. The van der Waals surface area contributed by atoms with Crippen LogP contribution in [0.5, 0.6) is 12.0 Å². The maximum absolute atomic E-state index is 12.8. The highest BCUT2D eigenvalue weighted by Gasteiger charge is 2.33. The monoisotopic (exact) mass is 501 g/mol. The zero-order valence-corrected chi connectivity index (χ0v) is 17.3. The number of carbonyl (C=O) groups is 1. The van der Waals surface area contributed by atoms with Crippen LogP contribution in [0, 0.1) is 0 Å². The van der Waals surface area contributed by atoms with Gasteiger partial charge in [-0.2, -0.15) is 18.2 Å². The molecule has 1 aliphatic rings. The summed E-state index contributed by atoms with van der Waals surface area (Å²) in [6.45, 7) is 1.17. The number of alkyl halides is 3. The molecule has 1 aromatic carbocycles. The molecular formula is C19H15BrF3N3O5. The second-order valence-corrected chi connectivity index (χ2v) is 7.56. The third-order valence-corrected chi connectivity index (χ3v) is 5.59. The molecule has 3 aromatic rings. The number of fused-ring (bicyclic) bond motifs is 1. The van der Waals surface area contributed by atoms with Crippen LogP contribution in [-0.2, 0) is 6.18 Å². The van der Waals surface area contributed by atoms with Crippen LogP contribution in [-0.4, -0.2) is 40.4 Å². The average Bonchev–Trinajstić information content (AvgIpc) is 3.11. The van der Waals surface area contributed by atoms with Crippen LogP contribution in [0.4, 0.5) is 23.7 Å². The molecule has 12 heteroatoms. The molecule has 8 nitrogen and oxygen atoms in total. The minimum Gasteiger partial charge on any atom is -0.460 e. The minimum atomic E-state index is -4.56. The van der Waals surface area contributed by atoms with E-state index in [1.807, 2.05) is 6.07 Å². The molecule has 31 heavy (non-hydrogen) atoms. The van der Waals surface area contributed by atoms with E-state index in [9.17, 15) is 18.0 Å². The summed E-state index contributed by atoms with van der Waals surface area (Å²) < 4.78 is 54.6. The minimum absolute atomic E-state index is 0.131. The summed E-state index contributed by atoms with van der Waals surface area (Å²) in [5, 5.41) is 9.38. The summed E-state index contributed by atoms with van der Waals surface area (Å²) in [5.74, 6) is -0.131. The highest BCUT2D eigenvalue weighted by molar-refractivity contribution is 9.10. The van der Waals surface area contributed by atoms with Crippen LogP contribution < -0.4 is 14.4 Å². The van der Waals surface area contributed by atoms with Crippen molar-refractivity contribution in [2.75, 3.05) is 18.0 Å². The fraction of sp³-hybridized carbons (Fsp3) is 0.316. The van der Waals surface area contributed by atoms with Gasteiger partial charge in [0.1, 0.15) is 11.7 Å². The number of nitrogens with zero attached hydrogens (tertiary/aromatic N) is 3. The van der Waals surface area contributed by atoms with Crippen molar-refractivity contribution >= 4 is 38.7 Å². The van der Waals surface area contributed by atoms with Crippen molar-refractivity contribution in [1.82, 2.24) is 9.97 Å². The number of piperidine rings is 1. The molecule has 164 valence electrons. The van der Waals surface area contributed by atoms with E-state index in [0.29, 0.717) is 36.9 Å². The first kappa shape index (κ1) is 21.2. The van der Waals surface area contributed by atoms with Gasteiger partial charge in [0.15, 0.2) is 5.69 Å². The number of hydrogen-bond donors (Lipinski definition) is 1. The van der Waals surface area contributed by atoms with Crippen molar-refractivity contribution in [3.05, 3.63) is 40.6 Å². The Balaban J connectivity index is 1.43. The maximum Gasteiger partial charge on any atom is 0.513 e. The summed E-state index contributed by atoms with van der Waals surface area (Å²) in [5.41, 5.74) is 0.286. The first-order chi connectivity index (χ1) is 14.7. The molecule has 4 rings (SSSR count). The Hall–Kier alpha value is -3.02. The van der Waals surface area contributed by atoms with E-state index in [1.165, 1.54) is 6.07 Å². The Kier molecular flexibility index (Phi) is 5.65. The molecule has 1 fully saturated rings. The van der Waals surface area contributed by atoms with E-state index in [-0.39, 0.29) is 18.1 Å². The second-order valence-electron chi connectivity index (χ2n) is 6.77. The van der Waals surface area contributed by atoms with Crippen molar-refractivity contribution in [3.63, 3.8) is 0 Å². The standard InChI is InChI=1S/C19H15BrF3N3O5/c20-16-11-9-15(31-18(27)28)30-13(11)2-1-12(16)26-7-4-10(5-8-26)29-17-24-6-3-14(25-17)19(21,22)23/h1-3,6,9-10H,4-5,7-8H2,(H,27,28). The average molecular weight is 502 g/mol. The molecule has 0 amide bonds. The van der Waals surface area contributed by atoms with Crippen LogP contribution in [0.15, 0.2) is 39.4 Å². The van der Waals surface area contributed by atoms with Crippen molar-refractivity contribution < 1.29 is 37.0 Å². The molecule has 0 radical (unpaired) electrons. The summed E-state index contributed by atoms with van der Waals surface area (Å²) in [7, 11) is 0. The highest BCUT2D eigenvalue weighted by atomic mass is 79.9. The predicted octanol–water partition coefficient (Wildman–Crippen LogP) is 5.11. The molecule has 0 bridgehead atoms. The van der Waals surface area contributed by atoms with Gasteiger partial charge in [-0.25, -0.2) is 9.78 Å². The van der Waals surface area contributed by atoms with Crippen molar-refractivity contribution in [2.45, 2.75) is 25.1 Å². The van der Waals surface area contributed by atoms with Gasteiger partial charge in [-0.05, 0) is 34.1 Å². The first-order valence-corrected chi connectivity index (χ1v) is 9.94. The number of aromatic nitrogens is 2. The Labute approximate surface area is 181 Å².